The van der Waals surface area contributed by atoms with Crippen molar-refractivity contribution in [2.75, 3.05) is 11.9 Å². The molecule has 106 valence electrons. The van der Waals surface area contributed by atoms with Gasteiger partial charge in [-0.25, -0.2) is 9.78 Å². The number of halogens is 1. The van der Waals surface area contributed by atoms with E-state index in [4.69, 9.17) is 16.3 Å². The molecule has 1 unspecified atom stereocenters. The van der Waals surface area contributed by atoms with Gasteiger partial charge in [0.05, 0.1) is 22.7 Å². The molecule has 0 saturated carbocycles. The summed E-state index contributed by atoms with van der Waals surface area (Å²) in [5, 5.41) is 3.82. The Morgan fingerprint density at radius 3 is 2.70 bits per heavy atom. The fraction of sp³-hybridized carbons (Fsp3) is 0.286. The minimum absolute atomic E-state index is 0.310. The number of esters is 1. The highest BCUT2D eigenvalue weighted by molar-refractivity contribution is 7.10. The Morgan fingerprint density at radius 2 is 2.15 bits per heavy atom. The molecule has 1 atom stereocenters. The monoisotopic (exact) mass is 310 g/mol. The van der Waals surface area contributed by atoms with Gasteiger partial charge < -0.3 is 10.1 Å². The van der Waals surface area contributed by atoms with Gasteiger partial charge in [0.15, 0.2) is 6.04 Å². The van der Waals surface area contributed by atoms with Gasteiger partial charge >= 0.3 is 5.97 Å². The Hall–Kier alpha value is -1.59. The van der Waals surface area contributed by atoms with E-state index in [1.807, 2.05) is 19.1 Å². The number of carbonyl (C=O) groups is 1. The average molecular weight is 311 g/mol. The van der Waals surface area contributed by atoms with Crippen LogP contribution in [0.2, 0.25) is 5.02 Å². The zero-order chi connectivity index (χ0) is 14.5. The van der Waals surface area contributed by atoms with E-state index in [0.29, 0.717) is 11.6 Å². The summed E-state index contributed by atoms with van der Waals surface area (Å²) >= 11 is 7.29. The third-order valence-corrected chi connectivity index (χ3v) is 3.97. The van der Waals surface area contributed by atoms with Crippen molar-refractivity contribution in [3.8, 4) is 0 Å². The second-order valence-electron chi connectivity index (χ2n) is 4.14. The van der Waals surface area contributed by atoms with Crippen LogP contribution in [-0.4, -0.2) is 17.6 Å². The highest BCUT2D eigenvalue weighted by Gasteiger charge is 2.25. The number of carbonyl (C=O) groups excluding carboxylic acids is 1. The van der Waals surface area contributed by atoms with Gasteiger partial charge in [0.1, 0.15) is 0 Å². The quantitative estimate of drug-likeness (QED) is 0.853. The Morgan fingerprint density at radius 1 is 1.45 bits per heavy atom. The van der Waals surface area contributed by atoms with E-state index >= 15 is 0 Å². The second-order valence-corrected chi connectivity index (χ2v) is 5.46. The zero-order valence-corrected chi connectivity index (χ0v) is 12.8. The lowest BCUT2D eigenvalue weighted by atomic mass is 10.2. The third-order valence-electron chi connectivity index (χ3n) is 2.72. The van der Waals surface area contributed by atoms with E-state index in [0.717, 1.165) is 16.3 Å². The first-order chi connectivity index (χ1) is 9.61. The Balaban J connectivity index is 2.25. The smallest absolute Gasteiger partial charge is 0.334 e. The molecule has 0 aliphatic rings. The van der Waals surface area contributed by atoms with Crippen LogP contribution in [0.25, 0.3) is 0 Å². The number of hydrogen-bond donors (Lipinski definition) is 1. The fourth-order valence-corrected chi connectivity index (χ4v) is 2.72. The Bertz CT molecular complexity index is 583. The van der Waals surface area contributed by atoms with Gasteiger partial charge in [-0.3, -0.25) is 0 Å². The molecule has 2 rings (SSSR count). The topological polar surface area (TPSA) is 51.2 Å². The molecule has 1 aromatic carbocycles. The molecule has 0 fully saturated rings. The lowest BCUT2D eigenvalue weighted by molar-refractivity contribution is -0.144. The number of ether oxygens (including phenoxy) is 1. The molecular weight excluding hydrogens is 296 g/mol. The van der Waals surface area contributed by atoms with Gasteiger partial charge in [0.25, 0.3) is 0 Å². The van der Waals surface area contributed by atoms with Gasteiger partial charge in [0, 0.05) is 10.7 Å². The molecule has 1 heterocycles. The van der Waals surface area contributed by atoms with Gasteiger partial charge in [-0.05, 0) is 38.1 Å². The summed E-state index contributed by atoms with van der Waals surface area (Å²) < 4.78 is 5.13. The summed E-state index contributed by atoms with van der Waals surface area (Å²) in [5.41, 5.74) is 3.36. The average Bonchev–Trinajstić information content (AvgIpc) is 2.84. The lowest BCUT2D eigenvalue weighted by Crippen LogP contribution is -2.23. The third kappa shape index (κ3) is 3.49. The highest BCUT2D eigenvalue weighted by atomic mass is 35.5. The van der Waals surface area contributed by atoms with Crippen molar-refractivity contribution >= 4 is 34.6 Å². The van der Waals surface area contributed by atoms with Gasteiger partial charge in [-0.2, -0.15) is 0 Å². The van der Waals surface area contributed by atoms with Crippen molar-refractivity contribution in [3.63, 3.8) is 0 Å². The number of thiazole rings is 1. The molecule has 1 N–H and O–H groups in total. The summed E-state index contributed by atoms with van der Waals surface area (Å²) in [4.78, 5) is 17.2. The molecule has 0 amide bonds. The molecule has 0 aliphatic carbocycles. The van der Waals surface area contributed by atoms with Crippen molar-refractivity contribution in [2.24, 2.45) is 0 Å². The summed E-state index contributed by atoms with van der Waals surface area (Å²) in [7, 11) is 0. The molecule has 4 nitrogen and oxygen atoms in total. The minimum Gasteiger partial charge on any atom is -0.464 e. The van der Waals surface area contributed by atoms with Crippen LogP contribution in [-0.2, 0) is 9.53 Å². The predicted molar refractivity (Wildman–Crippen MR) is 81.3 cm³/mol. The first-order valence-electron chi connectivity index (χ1n) is 6.20. The van der Waals surface area contributed by atoms with E-state index in [1.165, 1.54) is 11.3 Å². The number of nitrogens with one attached hydrogen (secondary N) is 1. The molecule has 6 heteroatoms. The van der Waals surface area contributed by atoms with E-state index < -0.39 is 6.04 Å². The maximum absolute atomic E-state index is 12.1. The normalized spacial score (nSPS) is 11.9. The summed E-state index contributed by atoms with van der Waals surface area (Å²) in [6.07, 6.45) is 0. The molecule has 2 aromatic rings. The van der Waals surface area contributed by atoms with Crippen LogP contribution >= 0.6 is 22.9 Å². The van der Waals surface area contributed by atoms with Gasteiger partial charge in [0.2, 0.25) is 0 Å². The van der Waals surface area contributed by atoms with E-state index in [-0.39, 0.29) is 5.97 Å². The standard InChI is InChI=1S/C14H15ClN2O2S/c1-3-19-14(18)12(13-9(2)16-8-20-13)17-11-6-4-10(15)5-7-11/h4-8,12,17H,3H2,1-2H3. The number of anilines is 1. The van der Waals surface area contributed by atoms with E-state index in [2.05, 4.69) is 10.3 Å². The van der Waals surface area contributed by atoms with Crippen LogP contribution in [0.1, 0.15) is 23.5 Å². The molecular formula is C14H15ClN2O2S. The summed E-state index contributed by atoms with van der Waals surface area (Å²) in [6.45, 7) is 4.01. The molecule has 0 aliphatic heterocycles. The van der Waals surface area contributed by atoms with Crippen LogP contribution in [0.4, 0.5) is 5.69 Å². The first kappa shape index (κ1) is 14.8. The molecule has 0 saturated heterocycles. The van der Waals surface area contributed by atoms with Crippen molar-refractivity contribution in [3.05, 3.63) is 45.4 Å². The Labute approximate surface area is 126 Å². The minimum atomic E-state index is -0.552. The number of hydrogen-bond acceptors (Lipinski definition) is 5. The number of nitrogens with zero attached hydrogens (tertiary/aromatic N) is 1. The van der Waals surface area contributed by atoms with Crippen LogP contribution in [0, 0.1) is 6.92 Å². The lowest BCUT2D eigenvalue weighted by Gasteiger charge is -2.17. The van der Waals surface area contributed by atoms with Crippen molar-refractivity contribution < 1.29 is 9.53 Å². The second kappa shape index (κ2) is 6.72. The zero-order valence-electron chi connectivity index (χ0n) is 11.2. The van der Waals surface area contributed by atoms with Crippen molar-refractivity contribution in [2.45, 2.75) is 19.9 Å². The Kier molecular flexibility index (Phi) is 4.98. The predicted octanol–water partition coefficient (Wildman–Crippen LogP) is 3.82. The first-order valence-corrected chi connectivity index (χ1v) is 7.46. The largest absolute Gasteiger partial charge is 0.464 e. The van der Waals surface area contributed by atoms with Crippen LogP contribution < -0.4 is 5.32 Å². The molecule has 20 heavy (non-hydrogen) atoms. The number of rotatable bonds is 5. The number of benzene rings is 1. The fourth-order valence-electron chi connectivity index (χ4n) is 1.76. The highest BCUT2D eigenvalue weighted by Crippen LogP contribution is 2.27. The van der Waals surface area contributed by atoms with Gasteiger partial charge in [-0.15, -0.1) is 11.3 Å². The molecule has 0 spiro atoms. The van der Waals surface area contributed by atoms with E-state index in [9.17, 15) is 4.79 Å². The van der Waals surface area contributed by atoms with Gasteiger partial charge in [-0.1, -0.05) is 11.6 Å². The van der Waals surface area contributed by atoms with Crippen LogP contribution in [0.3, 0.4) is 0 Å². The number of aryl methyl sites for hydroxylation is 1. The van der Waals surface area contributed by atoms with Crippen molar-refractivity contribution in [1.29, 1.82) is 0 Å². The SMILES string of the molecule is CCOC(=O)C(Nc1ccc(Cl)cc1)c1scnc1C. The van der Waals surface area contributed by atoms with Crippen molar-refractivity contribution in [1.82, 2.24) is 4.98 Å². The summed E-state index contributed by atoms with van der Waals surface area (Å²) in [6, 6.07) is 6.64. The van der Waals surface area contributed by atoms with Crippen LogP contribution in [0.5, 0.6) is 0 Å². The molecule has 0 bridgehead atoms. The van der Waals surface area contributed by atoms with Crippen LogP contribution in [0.15, 0.2) is 29.8 Å². The maximum Gasteiger partial charge on any atom is 0.334 e. The molecule has 0 radical (unpaired) electrons. The van der Waals surface area contributed by atoms with E-state index in [1.54, 1.807) is 24.6 Å². The molecule has 1 aromatic heterocycles. The maximum atomic E-state index is 12.1. The number of aromatic nitrogens is 1. The summed E-state index contributed by atoms with van der Waals surface area (Å²) in [5.74, 6) is -0.310.